The number of rotatable bonds is 1. The van der Waals surface area contributed by atoms with Crippen LogP contribution in [0.5, 0.6) is 0 Å². The van der Waals surface area contributed by atoms with Gasteiger partial charge in [-0.3, -0.25) is 4.40 Å². The van der Waals surface area contributed by atoms with Gasteiger partial charge in [0.15, 0.2) is 5.69 Å². The van der Waals surface area contributed by atoms with Crippen LogP contribution in [-0.2, 0) is 0 Å². The third-order valence-electron chi connectivity index (χ3n) is 2.87. The molecule has 2 heterocycles. The van der Waals surface area contributed by atoms with Crippen molar-refractivity contribution >= 4 is 50.3 Å². The molecule has 0 saturated heterocycles. The lowest BCUT2D eigenvalue weighted by atomic mass is 10.2. The van der Waals surface area contributed by atoms with Gasteiger partial charge >= 0.3 is 5.97 Å². The number of carbonyl (C=O) groups is 1. The van der Waals surface area contributed by atoms with Crippen molar-refractivity contribution < 1.29 is 9.90 Å². The van der Waals surface area contributed by atoms with Crippen LogP contribution in [-0.4, -0.2) is 25.4 Å². The number of nitrogens with zero attached hydrogens (tertiary/aromatic N) is 2. The Balaban J connectivity index is 2.49. The summed E-state index contributed by atoms with van der Waals surface area (Å²) >= 11 is 9.31. The lowest BCUT2D eigenvalue weighted by molar-refractivity contribution is 0.0690. The van der Waals surface area contributed by atoms with E-state index in [2.05, 4.69) is 25.9 Å². The van der Waals surface area contributed by atoms with Crippen LogP contribution in [0.25, 0.3) is 16.8 Å². The van der Waals surface area contributed by atoms with Crippen LogP contribution in [0.3, 0.4) is 0 Å². The van der Waals surface area contributed by atoms with E-state index in [1.165, 1.54) is 0 Å². The molecular weight excluding hydrogens is 321 g/mol. The average Bonchev–Trinajstić information content (AvgIpc) is 2.82. The fraction of sp³-hybridized carbons (Fsp3) is 0.0909. The molecule has 5 nitrogen and oxygen atoms in total. The van der Waals surface area contributed by atoms with Gasteiger partial charge < -0.3 is 10.1 Å². The summed E-state index contributed by atoms with van der Waals surface area (Å²) in [7, 11) is 0. The highest BCUT2D eigenvalue weighted by molar-refractivity contribution is 9.10. The number of nitrogens with one attached hydrogen (secondary N) is 1. The number of hydrogen-bond donors (Lipinski definition) is 2. The van der Waals surface area contributed by atoms with Crippen LogP contribution in [0.15, 0.2) is 16.7 Å². The smallest absolute Gasteiger partial charge is 0.355 e. The Hall–Kier alpha value is -1.53. The Morgan fingerprint density at radius 3 is 2.94 bits per heavy atom. The van der Waals surface area contributed by atoms with Gasteiger partial charge in [-0.25, -0.2) is 9.78 Å². The molecule has 7 heteroatoms. The first-order chi connectivity index (χ1) is 8.50. The molecule has 0 aliphatic heterocycles. The number of carboxylic acids is 1. The minimum absolute atomic E-state index is 0.0759. The van der Waals surface area contributed by atoms with Crippen LogP contribution in [0.2, 0.25) is 5.02 Å². The number of benzene rings is 1. The highest BCUT2D eigenvalue weighted by Crippen LogP contribution is 2.29. The Morgan fingerprint density at radius 2 is 2.28 bits per heavy atom. The topological polar surface area (TPSA) is 70.4 Å². The Morgan fingerprint density at radius 1 is 1.56 bits per heavy atom. The van der Waals surface area contributed by atoms with E-state index in [1.54, 1.807) is 10.5 Å². The van der Waals surface area contributed by atoms with Crippen LogP contribution in [0.4, 0.5) is 0 Å². The zero-order chi connectivity index (χ0) is 13.0. The number of fused-ring (bicyclic) bond motifs is 3. The molecule has 2 N–H and O–H groups in total. The molecule has 0 radical (unpaired) electrons. The second kappa shape index (κ2) is 3.73. The first kappa shape index (κ1) is 11.6. The molecule has 92 valence electrons. The second-order valence-electron chi connectivity index (χ2n) is 3.91. The van der Waals surface area contributed by atoms with Gasteiger partial charge in [0, 0.05) is 5.02 Å². The molecule has 0 atom stereocenters. The summed E-state index contributed by atoms with van der Waals surface area (Å²) in [6, 6.07) is 3.59. The number of imidazole rings is 2. The second-order valence-corrected chi connectivity index (χ2v) is 5.07. The Kier molecular flexibility index (Phi) is 2.39. The molecule has 0 spiro atoms. The number of aryl methyl sites for hydroxylation is 1. The molecular formula is C11H7BrClN3O2. The highest BCUT2D eigenvalue weighted by atomic mass is 79.9. The van der Waals surface area contributed by atoms with E-state index < -0.39 is 5.97 Å². The fourth-order valence-corrected chi connectivity index (χ4v) is 2.73. The van der Waals surface area contributed by atoms with Gasteiger partial charge in [0.2, 0.25) is 5.78 Å². The summed E-state index contributed by atoms with van der Waals surface area (Å²) in [4.78, 5) is 18.2. The van der Waals surface area contributed by atoms with E-state index in [4.69, 9.17) is 16.7 Å². The molecule has 1 aromatic carbocycles. The summed E-state index contributed by atoms with van der Waals surface area (Å²) in [6.07, 6.45) is 0. The minimum atomic E-state index is -1.04. The third-order valence-corrected chi connectivity index (χ3v) is 4.03. The van der Waals surface area contributed by atoms with Crippen molar-refractivity contribution in [2.75, 3.05) is 0 Å². The number of aromatic nitrogens is 3. The molecule has 0 aliphatic carbocycles. The van der Waals surface area contributed by atoms with Crippen LogP contribution in [0, 0.1) is 6.92 Å². The predicted octanol–water partition coefficient (Wildman–Crippen LogP) is 3.24. The van der Waals surface area contributed by atoms with Crippen molar-refractivity contribution in [1.82, 2.24) is 14.4 Å². The number of aromatic carboxylic acids is 1. The standard InChI is InChI=1S/C11H7BrClN3O2/c1-4-5(13)2-3-6-7(4)14-11-15-8(10(17)18)9(12)16(6)11/h2-3H,1H3,(H,14,15)(H,17,18). The van der Waals surface area contributed by atoms with Crippen LogP contribution in [0.1, 0.15) is 16.1 Å². The van der Waals surface area contributed by atoms with Crippen molar-refractivity contribution in [3.8, 4) is 0 Å². The van der Waals surface area contributed by atoms with Gasteiger partial charge in [-0.15, -0.1) is 0 Å². The van der Waals surface area contributed by atoms with Crippen molar-refractivity contribution in [2.24, 2.45) is 0 Å². The SMILES string of the molecule is Cc1c(Cl)ccc2c1nc1[nH]c(C(=O)O)c(Br)n12. The first-order valence-electron chi connectivity index (χ1n) is 5.08. The fourth-order valence-electron chi connectivity index (χ4n) is 1.95. The Labute approximate surface area is 115 Å². The van der Waals surface area contributed by atoms with Crippen molar-refractivity contribution in [1.29, 1.82) is 0 Å². The summed E-state index contributed by atoms with van der Waals surface area (Å²) in [5.74, 6) is -0.564. The Bertz CT molecular complexity index is 806. The van der Waals surface area contributed by atoms with Crippen LogP contribution >= 0.6 is 27.5 Å². The molecule has 0 unspecified atom stereocenters. The zero-order valence-electron chi connectivity index (χ0n) is 9.16. The third kappa shape index (κ3) is 1.39. The number of halogens is 2. The molecule has 2 aromatic heterocycles. The first-order valence-corrected chi connectivity index (χ1v) is 6.26. The largest absolute Gasteiger partial charge is 0.476 e. The zero-order valence-corrected chi connectivity index (χ0v) is 11.5. The molecule has 3 aromatic rings. The van der Waals surface area contributed by atoms with Gasteiger partial charge in [0.05, 0.1) is 11.0 Å². The maximum atomic E-state index is 11.0. The lowest BCUT2D eigenvalue weighted by Gasteiger charge is -1.99. The average molecular weight is 329 g/mol. The van der Waals surface area contributed by atoms with E-state index in [9.17, 15) is 4.79 Å². The number of hydrogen-bond acceptors (Lipinski definition) is 2. The summed E-state index contributed by atoms with van der Waals surface area (Å²) in [6.45, 7) is 1.88. The van der Waals surface area contributed by atoms with Crippen LogP contribution < -0.4 is 0 Å². The van der Waals surface area contributed by atoms with Gasteiger partial charge in [0.25, 0.3) is 0 Å². The molecule has 0 bridgehead atoms. The number of carboxylic acid groups (broad SMARTS) is 1. The quantitative estimate of drug-likeness (QED) is 0.720. The van der Waals surface area contributed by atoms with Gasteiger partial charge in [0.1, 0.15) is 4.60 Å². The van der Waals surface area contributed by atoms with E-state index in [0.29, 0.717) is 15.4 Å². The number of H-pyrrole nitrogens is 1. The van der Waals surface area contributed by atoms with Crippen molar-refractivity contribution in [3.05, 3.63) is 33.0 Å². The highest BCUT2D eigenvalue weighted by Gasteiger charge is 2.19. The van der Waals surface area contributed by atoms with Gasteiger partial charge in [-0.1, -0.05) is 11.6 Å². The predicted molar refractivity (Wildman–Crippen MR) is 71.5 cm³/mol. The summed E-state index contributed by atoms with van der Waals surface area (Å²) in [5, 5.41) is 9.67. The van der Waals surface area contributed by atoms with Crippen molar-refractivity contribution in [2.45, 2.75) is 6.92 Å². The molecule has 0 fully saturated rings. The maximum absolute atomic E-state index is 11.0. The van der Waals surface area contributed by atoms with E-state index in [-0.39, 0.29) is 5.69 Å². The van der Waals surface area contributed by atoms with E-state index in [1.807, 2.05) is 13.0 Å². The maximum Gasteiger partial charge on any atom is 0.355 e. The molecule has 0 aliphatic rings. The lowest BCUT2D eigenvalue weighted by Crippen LogP contribution is -1.97. The molecule has 18 heavy (non-hydrogen) atoms. The van der Waals surface area contributed by atoms with E-state index >= 15 is 0 Å². The molecule has 3 rings (SSSR count). The van der Waals surface area contributed by atoms with Gasteiger partial charge in [-0.05, 0) is 40.5 Å². The van der Waals surface area contributed by atoms with Crippen molar-refractivity contribution in [3.63, 3.8) is 0 Å². The summed E-state index contributed by atoms with van der Waals surface area (Å²) < 4.78 is 2.15. The normalized spacial score (nSPS) is 11.5. The summed E-state index contributed by atoms with van der Waals surface area (Å²) in [5.41, 5.74) is 2.51. The number of aromatic amines is 1. The minimum Gasteiger partial charge on any atom is -0.476 e. The molecule has 0 saturated carbocycles. The van der Waals surface area contributed by atoms with Gasteiger partial charge in [-0.2, -0.15) is 0 Å². The van der Waals surface area contributed by atoms with E-state index in [0.717, 1.165) is 16.6 Å². The monoisotopic (exact) mass is 327 g/mol. The molecule has 0 amide bonds.